The highest BCUT2D eigenvalue weighted by Gasteiger charge is 2.38. The van der Waals surface area contributed by atoms with E-state index in [-0.39, 0.29) is 0 Å². The fraction of sp³-hybridized carbons (Fsp3) is 0.625. The predicted molar refractivity (Wildman–Crippen MR) is 51.4 cm³/mol. The van der Waals surface area contributed by atoms with E-state index in [1.54, 1.807) is 0 Å². The summed E-state index contributed by atoms with van der Waals surface area (Å²) in [5, 5.41) is 24.0. The van der Waals surface area contributed by atoms with E-state index in [9.17, 15) is 22.8 Å². The molecule has 19 heavy (non-hydrogen) atoms. The fourth-order valence-corrected chi connectivity index (χ4v) is 1.34. The Kier molecular flexibility index (Phi) is 6.05. The molecule has 8 nitrogen and oxygen atoms in total. The molecule has 1 unspecified atom stereocenters. The van der Waals surface area contributed by atoms with E-state index < -0.39 is 30.2 Å². The lowest BCUT2D eigenvalue weighted by Crippen LogP contribution is -2.44. The number of halogens is 3. The molecule has 110 valence electrons. The molecule has 4 N–H and O–H groups in total. The number of carbonyl (C=O) groups excluding carboxylic acids is 1. The van der Waals surface area contributed by atoms with Gasteiger partial charge < -0.3 is 10.2 Å². The number of hydrogen-bond acceptors (Lipinski definition) is 4. The van der Waals surface area contributed by atoms with Crippen molar-refractivity contribution in [1.82, 2.24) is 10.4 Å². The number of alkyl halides is 3. The summed E-state index contributed by atoms with van der Waals surface area (Å²) in [5.74, 6) is -3.41. The number of likely N-dealkylation sites (tertiary alicyclic amines) is 1. The van der Waals surface area contributed by atoms with Gasteiger partial charge in [0, 0.05) is 6.54 Å². The van der Waals surface area contributed by atoms with Crippen molar-refractivity contribution in [1.29, 1.82) is 0 Å². The van der Waals surface area contributed by atoms with Gasteiger partial charge in [-0.25, -0.2) is 15.1 Å². The summed E-state index contributed by atoms with van der Waals surface area (Å²) in [5.41, 5.74) is 1.45. The number of carbonyl (C=O) groups is 3. The highest BCUT2D eigenvalue weighted by atomic mass is 19.4. The number of carboxylic acids is 1. The van der Waals surface area contributed by atoms with Crippen LogP contribution in [0.3, 0.4) is 0 Å². The van der Waals surface area contributed by atoms with Crippen LogP contribution in [0.1, 0.15) is 12.8 Å². The Balaban J connectivity index is 0.000000399. The maximum Gasteiger partial charge on any atom is 0.490 e. The first-order valence-electron chi connectivity index (χ1n) is 4.85. The van der Waals surface area contributed by atoms with Crippen LogP contribution in [-0.4, -0.2) is 57.1 Å². The number of hydrogen-bond donors (Lipinski definition) is 4. The molecule has 0 aromatic carbocycles. The largest absolute Gasteiger partial charge is 0.490 e. The molecule has 0 radical (unpaired) electrons. The third kappa shape index (κ3) is 5.42. The number of rotatable bonds is 1. The second-order valence-corrected chi connectivity index (χ2v) is 3.41. The normalized spacial score (nSPS) is 18.3. The molecule has 1 aliphatic rings. The van der Waals surface area contributed by atoms with Gasteiger partial charge in [0.15, 0.2) is 0 Å². The van der Waals surface area contributed by atoms with Crippen LogP contribution < -0.4 is 5.48 Å². The van der Waals surface area contributed by atoms with Gasteiger partial charge in [-0.15, -0.1) is 0 Å². The van der Waals surface area contributed by atoms with E-state index in [1.165, 1.54) is 5.48 Å². The first-order valence-corrected chi connectivity index (χ1v) is 4.85. The average Bonchev–Trinajstić information content (AvgIpc) is 2.76. The maximum atomic E-state index is 10.9. The van der Waals surface area contributed by atoms with E-state index in [1.807, 2.05) is 0 Å². The number of hydroxylamine groups is 1. The van der Waals surface area contributed by atoms with Crippen LogP contribution in [0.2, 0.25) is 0 Å². The lowest BCUT2D eigenvalue weighted by Gasteiger charge is -2.18. The molecule has 1 fully saturated rings. The Bertz CT molecular complexity index is 359. The van der Waals surface area contributed by atoms with Crippen molar-refractivity contribution >= 4 is 18.0 Å². The lowest BCUT2D eigenvalue weighted by molar-refractivity contribution is -0.192. The van der Waals surface area contributed by atoms with Crippen molar-refractivity contribution in [2.24, 2.45) is 0 Å². The minimum absolute atomic E-state index is 0.355. The van der Waals surface area contributed by atoms with Gasteiger partial charge in [-0.1, -0.05) is 0 Å². The van der Waals surface area contributed by atoms with Crippen molar-refractivity contribution in [2.45, 2.75) is 25.1 Å². The minimum Gasteiger partial charge on any atom is -0.475 e. The summed E-state index contributed by atoms with van der Waals surface area (Å²) < 4.78 is 31.7. The second-order valence-electron chi connectivity index (χ2n) is 3.41. The minimum atomic E-state index is -5.08. The predicted octanol–water partition coefficient (Wildman–Crippen LogP) is 0.267. The van der Waals surface area contributed by atoms with Crippen molar-refractivity contribution in [3.8, 4) is 0 Å². The molecule has 0 spiro atoms. The van der Waals surface area contributed by atoms with Gasteiger partial charge in [-0.05, 0) is 12.8 Å². The van der Waals surface area contributed by atoms with Crippen LogP contribution in [0, 0.1) is 0 Å². The van der Waals surface area contributed by atoms with Crippen LogP contribution in [0.25, 0.3) is 0 Å². The molecule has 1 saturated heterocycles. The van der Waals surface area contributed by atoms with Gasteiger partial charge in [-0.3, -0.25) is 14.9 Å². The van der Waals surface area contributed by atoms with E-state index in [4.69, 9.17) is 20.2 Å². The van der Waals surface area contributed by atoms with Crippen molar-refractivity contribution in [3.63, 3.8) is 0 Å². The average molecular weight is 288 g/mol. The zero-order valence-electron chi connectivity index (χ0n) is 9.35. The standard InChI is InChI=1S/C6H10N2O4.C2HF3O2/c9-5(7-12)4-2-1-3-8(4)6(10)11;3-2(4,5)1(6)7/h4,12H,1-3H2,(H,7,9)(H,10,11);(H,6,7). The molecule has 1 heterocycles. The molecular formula is C8H11F3N2O6. The Hall–Kier alpha value is -2.04. The molecule has 1 aliphatic heterocycles. The molecule has 0 bridgehead atoms. The number of carboxylic acid groups (broad SMARTS) is 2. The SMILES string of the molecule is O=C(NO)C1CCCN1C(=O)O.O=C(O)C(F)(F)F. The number of amides is 2. The zero-order chi connectivity index (χ0) is 15.2. The molecule has 11 heteroatoms. The van der Waals surface area contributed by atoms with E-state index in [0.717, 1.165) is 4.90 Å². The molecular weight excluding hydrogens is 277 g/mol. The Morgan fingerprint density at radius 2 is 1.68 bits per heavy atom. The summed E-state index contributed by atoms with van der Waals surface area (Å²) in [4.78, 5) is 31.3. The number of nitrogens with zero attached hydrogens (tertiary/aromatic N) is 1. The van der Waals surface area contributed by atoms with Crippen LogP contribution in [-0.2, 0) is 9.59 Å². The third-order valence-corrected chi connectivity index (χ3v) is 2.15. The van der Waals surface area contributed by atoms with Crippen molar-refractivity contribution in [2.75, 3.05) is 6.54 Å². The summed E-state index contributed by atoms with van der Waals surface area (Å²) >= 11 is 0. The zero-order valence-corrected chi connectivity index (χ0v) is 9.35. The van der Waals surface area contributed by atoms with Gasteiger partial charge >= 0.3 is 18.2 Å². The summed E-state index contributed by atoms with van der Waals surface area (Å²) in [6.07, 6.45) is -5.08. The molecule has 0 aromatic heterocycles. The molecule has 2 amide bonds. The summed E-state index contributed by atoms with van der Waals surface area (Å²) in [7, 11) is 0. The topological polar surface area (TPSA) is 127 Å². The first kappa shape index (κ1) is 17.0. The smallest absolute Gasteiger partial charge is 0.475 e. The van der Waals surface area contributed by atoms with Gasteiger partial charge in [-0.2, -0.15) is 13.2 Å². The maximum absolute atomic E-state index is 10.9. The van der Waals surface area contributed by atoms with E-state index in [0.29, 0.717) is 19.4 Å². The van der Waals surface area contributed by atoms with Gasteiger partial charge in [0.1, 0.15) is 6.04 Å². The van der Waals surface area contributed by atoms with E-state index >= 15 is 0 Å². The van der Waals surface area contributed by atoms with Gasteiger partial charge in [0.05, 0.1) is 0 Å². The van der Waals surface area contributed by atoms with Gasteiger partial charge in [0.2, 0.25) is 0 Å². The highest BCUT2D eigenvalue weighted by Crippen LogP contribution is 2.16. The van der Waals surface area contributed by atoms with Crippen molar-refractivity contribution < 1.29 is 43.0 Å². The lowest BCUT2D eigenvalue weighted by atomic mass is 10.2. The third-order valence-electron chi connectivity index (χ3n) is 2.15. The molecule has 0 saturated carbocycles. The highest BCUT2D eigenvalue weighted by molar-refractivity contribution is 5.84. The molecule has 0 aromatic rings. The van der Waals surface area contributed by atoms with Gasteiger partial charge in [0.25, 0.3) is 5.91 Å². The second kappa shape index (κ2) is 6.78. The van der Waals surface area contributed by atoms with E-state index in [2.05, 4.69) is 0 Å². The summed E-state index contributed by atoms with van der Waals surface area (Å²) in [6.45, 7) is 0.355. The van der Waals surface area contributed by atoms with Crippen LogP contribution in [0.15, 0.2) is 0 Å². The number of nitrogens with one attached hydrogen (secondary N) is 1. The fourth-order valence-electron chi connectivity index (χ4n) is 1.34. The Morgan fingerprint density at radius 3 is 2.00 bits per heavy atom. The molecule has 1 rings (SSSR count). The number of aliphatic carboxylic acids is 1. The monoisotopic (exact) mass is 288 g/mol. The molecule has 1 atom stereocenters. The Morgan fingerprint density at radius 1 is 1.21 bits per heavy atom. The quantitative estimate of drug-likeness (QED) is 0.405. The van der Waals surface area contributed by atoms with Crippen LogP contribution in [0.5, 0.6) is 0 Å². The van der Waals surface area contributed by atoms with Crippen LogP contribution >= 0.6 is 0 Å². The molecule has 0 aliphatic carbocycles. The van der Waals surface area contributed by atoms with Crippen LogP contribution in [0.4, 0.5) is 18.0 Å². The first-order chi connectivity index (χ1) is 8.61. The summed E-state index contributed by atoms with van der Waals surface area (Å²) in [6, 6.07) is -0.729. The van der Waals surface area contributed by atoms with Crippen molar-refractivity contribution in [3.05, 3.63) is 0 Å². The Labute approximate surface area is 104 Å².